The number of carbonyl (C=O) groups is 2. The Morgan fingerprint density at radius 3 is 2.40 bits per heavy atom. The number of fused-ring (bicyclic) bond motifs is 1. The third kappa shape index (κ3) is 7.78. The molecule has 8 nitrogen and oxygen atoms in total. The summed E-state index contributed by atoms with van der Waals surface area (Å²) in [6, 6.07) is 17.2. The predicted octanol–water partition coefficient (Wildman–Crippen LogP) is 6.32. The van der Waals surface area contributed by atoms with E-state index in [1.165, 1.54) is 6.33 Å². The molecule has 0 unspecified atom stereocenters. The molecule has 0 atom stereocenters. The molecule has 2 heterocycles. The van der Waals surface area contributed by atoms with Crippen molar-refractivity contribution in [2.45, 2.75) is 52.7 Å². The van der Waals surface area contributed by atoms with Gasteiger partial charge in [-0.25, -0.2) is 14.8 Å². The lowest BCUT2D eigenvalue weighted by atomic mass is 10.0. The predicted molar refractivity (Wildman–Crippen MR) is 156 cm³/mol. The lowest BCUT2D eigenvalue weighted by Gasteiger charge is -2.19. The number of alkyl carbamates (subject to hydrolysis) is 1. The van der Waals surface area contributed by atoms with Gasteiger partial charge in [0.2, 0.25) is 5.78 Å². The van der Waals surface area contributed by atoms with Crippen LogP contribution >= 0.6 is 0 Å². The number of carbonyl (C=O) groups excluding carboxylic acids is 2. The molecule has 0 radical (unpaired) electrons. The summed E-state index contributed by atoms with van der Waals surface area (Å²) in [5.41, 5.74) is 5.18. The van der Waals surface area contributed by atoms with Crippen molar-refractivity contribution in [1.82, 2.24) is 20.3 Å². The van der Waals surface area contributed by atoms with Gasteiger partial charge >= 0.3 is 6.09 Å². The molecule has 2 aromatic heterocycles. The standard InChI is InChI=1S/C32H34N4O4/c1-5-17-39-18-7-6-8-28(37)24-15-13-23(14-16-24)27-19-26-29(34-21-35-30(26)36-27)25-11-9-22(10-12-25)20-33-31(38)40-32(2,3)4/h9-16,19,21H,5,7,17-18,20H2,1-4H3,(H,33,38)(H,34,35,36). The minimum atomic E-state index is -0.542. The molecule has 0 saturated heterocycles. The van der Waals surface area contributed by atoms with Crippen LogP contribution in [0.2, 0.25) is 0 Å². The van der Waals surface area contributed by atoms with E-state index in [1.807, 2.05) is 63.2 Å². The molecule has 0 aliphatic rings. The molecule has 0 aliphatic heterocycles. The van der Waals surface area contributed by atoms with Gasteiger partial charge in [0.25, 0.3) is 0 Å². The van der Waals surface area contributed by atoms with Crippen LogP contribution < -0.4 is 5.32 Å². The van der Waals surface area contributed by atoms with Gasteiger partial charge < -0.3 is 19.8 Å². The van der Waals surface area contributed by atoms with Crippen LogP contribution in [-0.2, 0) is 16.0 Å². The van der Waals surface area contributed by atoms with Crippen molar-refractivity contribution >= 4 is 22.9 Å². The molecule has 206 valence electrons. The second-order valence-corrected chi connectivity index (χ2v) is 10.3. The largest absolute Gasteiger partial charge is 0.444 e. The average molecular weight is 539 g/mol. The van der Waals surface area contributed by atoms with Gasteiger partial charge in [-0.3, -0.25) is 4.79 Å². The first-order valence-corrected chi connectivity index (χ1v) is 13.3. The van der Waals surface area contributed by atoms with E-state index in [2.05, 4.69) is 39.0 Å². The summed E-state index contributed by atoms with van der Waals surface area (Å²) >= 11 is 0. The van der Waals surface area contributed by atoms with Crippen LogP contribution in [0.1, 0.15) is 56.5 Å². The molecule has 8 heteroatoms. The van der Waals surface area contributed by atoms with E-state index in [0.717, 1.165) is 39.9 Å². The number of amides is 1. The molecule has 0 aliphatic carbocycles. The molecule has 0 bridgehead atoms. The van der Waals surface area contributed by atoms with Crippen LogP contribution in [-0.4, -0.2) is 45.6 Å². The van der Waals surface area contributed by atoms with E-state index < -0.39 is 11.7 Å². The molecule has 0 saturated carbocycles. The van der Waals surface area contributed by atoms with Crippen LogP contribution in [0.25, 0.3) is 33.5 Å². The summed E-state index contributed by atoms with van der Waals surface area (Å²) in [4.78, 5) is 36.6. The van der Waals surface area contributed by atoms with Crippen LogP contribution in [0.4, 0.5) is 4.79 Å². The number of ether oxygens (including phenoxy) is 2. The number of benzene rings is 2. The topological polar surface area (TPSA) is 106 Å². The minimum Gasteiger partial charge on any atom is -0.444 e. The number of rotatable bonds is 9. The Morgan fingerprint density at radius 1 is 0.975 bits per heavy atom. The molecule has 2 N–H and O–H groups in total. The number of hydrogen-bond donors (Lipinski definition) is 2. The summed E-state index contributed by atoms with van der Waals surface area (Å²) in [5.74, 6) is 5.36. The van der Waals surface area contributed by atoms with Crippen molar-refractivity contribution in [3.63, 3.8) is 0 Å². The molecule has 4 aromatic rings. The highest BCUT2D eigenvalue weighted by molar-refractivity contribution is 6.09. The van der Waals surface area contributed by atoms with Crippen molar-refractivity contribution in [3.05, 3.63) is 72.1 Å². The second kappa shape index (κ2) is 13.0. The summed E-state index contributed by atoms with van der Waals surface area (Å²) in [7, 11) is 0. The van der Waals surface area contributed by atoms with Crippen molar-refractivity contribution in [1.29, 1.82) is 0 Å². The first-order chi connectivity index (χ1) is 19.2. The summed E-state index contributed by atoms with van der Waals surface area (Å²) in [6.45, 7) is 9.14. The highest BCUT2D eigenvalue weighted by Gasteiger charge is 2.16. The number of nitrogens with one attached hydrogen (secondary N) is 2. The quantitative estimate of drug-likeness (QED) is 0.112. The Hall–Kier alpha value is -4.48. The fraction of sp³-hybridized carbons (Fsp3) is 0.312. The number of aromatic amines is 1. The number of Topliss-reactive ketones (excluding diaryl/α,β-unsaturated/α-hetero) is 1. The molecule has 2 aromatic carbocycles. The second-order valence-electron chi connectivity index (χ2n) is 10.3. The normalized spacial score (nSPS) is 11.1. The summed E-state index contributed by atoms with van der Waals surface area (Å²) in [5, 5.41) is 3.65. The molecular formula is C32H34N4O4. The smallest absolute Gasteiger partial charge is 0.407 e. The van der Waals surface area contributed by atoms with Crippen molar-refractivity contribution in [3.8, 4) is 34.4 Å². The van der Waals surface area contributed by atoms with Crippen LogP contribution in [0, 0.1) is 11.8 Å². The molecule has 0 spiro atoms. The third-order valence-corrected chi connectivity index (χ3v) is 5.87. The number of hydrogen-bond acceptors (Lipinski definition) is 6. The zero-order valence-corrected chi connectivity index (χ0v) is 23.3. The van der Waals surface area contributed by atoms with Crippen LogP contribution in [0.3, 0.4) is 0 Å². The first kappa shape index (κ1) is 28.5. The number of ketones is 1. The Labute approximate surface area is 234 Å². The maximum absolute atomic E-state index is 12.4. The van der Waals surface area contributed by atoms with E-state index in [4.69, 9.17) is 9.47 Å². The van der Waals surface area contributed by atoms with Gasteiger partial charge in [0.15, 0.2) is 0 Å². The van der Waals surface area contributed by atoms with Gasteiger partial charge in [0.1, 0.15) is 17.6 Å². The molecule has 0 fully saturated rings. The van der Waals surface area contributed by atoms with Gasteiger partial charge in [-0.15, -0.1) is 0 Å². The monoisotopic (exact) mass is 538 g/mol. The Bertz CT molecular complexity index is 1520. The number of H-pyrrole nitrogens is 1. The Kier molecular flexibility index (Phi) is 9.31. The zero-order valence-electron chi connectivity index (χ0n) is 23.3. The highest BCUT2D eigenvalue weighted by atomic mass is 16.6. The van der Waals surface area contributed by atoms with E-state index in [1.54, 1.807) is 12.1 Å². The lowest BCUT2D eigenvalue weighted by Crippen LogP contribution is -2.32. The van der Waals surface area contributed by atoms with Crippen LogP contribution in [0.15, 0.2) is 60.9 Å². The maximum atomic E-state index is 12.4. The molecule has 4 rings (SSSR count). The van der Waals surface area contributed by atoms with Gasteiger partial charge in [0, 0.05) is 41.8 Å². The maximum Gasteiger partial charge on any atom is 0.407 e. The number of nitrogens with zero attached hydrogens (tertiary/aromatic N) is 2. The van der Waals surface area contributed by atoms with Crippen molar-refractivity contribution in [2.24, 2.45) is 0 Å². The van der Waals surface area contributed by atoms with Crippen molar-refractivity contribution < 1.29 is 19.1 Å². The van der Waals surface area contributed by atoms with E-state index in [9.17, 15) is 9.59 Å². The summed E-state index contributed by atoms with van der Waals surface area (Å²) in [6.07, 6.45) is 2.58. The first-order valence-electron chi connectivity index (χ1n) is 13.3. The average Bonchev–Trinajstić information content (AvgIpc) is 3.38. The van der Waals surface area contributed by atoms with Crippen molar-refractivity contribution in [2.75, 3.05) is 13.2 Å². The fourth-order valence-corrected chi connectivity index (χ4v) is 3.98. The Morgan fingerprint density at radius 2 is 1.70 bits per heavy atom. The van der Waals surface area contributed by atoms with Gasteiger partial charge in [-0.1, -0.05) is 49.2 Å². The zero-order chi connectivity index (χ0) is 28.5. The number of aromatic nitrogens is 3. The fourth-order valence-electron chi connectivity index (χ4n) is 3.98. The van der Waals surface area contributed by atoms with Crippen LogP contribution in [0.5, 0.6) is 0 Å². The van der Waals surface area contributed by atoms with Gasteiger partial charge in [-0.2, -0.15) is 0 Å². The third-order valence-electron chi connectivity index (χ3n) is 5.87. The van der Waals surface area contributed by atoms with E-state index in [-0.39, 0.29) is 5.78 Å². The Balaban J connectivity index is 1.44. The van der Waals surface area contributed by atoms with E-state index in [0.29, 0.717) is 37.4 Å². The molecule has 1 amide bonds. The SMILES string of the molecule is CCCOCCC#CC(=O)c1ccc(-c2cc3c(-c4ccc(CNC(=O)OC(C)(C)C)cc4)ncnc3[nH]2)cc1. The minimum absolute atomic E-state index is 0.211. The van der Waals surface area contributed by atoms with E-state index >= 15 is 0 Å². The highest BCUT2D eigenvalue weighted by Crippen LogP contribution is 2.30. The molecular weight excluding hydrogens is 504 g/mol. The van der Waals surface area contributed by atoms with Gasteiger partial charge in [0.05, 0.1) is 12.3 Å². The summed E-state index contributed by atoms with van der Waals surface area (Å²) < 4.78 is 10.7. The molecule has 40 heavy (non-hydrogen) atoms. The lowest BCUT2D eigenvalue weighted by molar-refractivity contribution is 0.0523. The van der Waals surface area contributed by atoms with Gasteiger partial charge in [-0.05, 0) is 62.4 Å².